The van der Waals surface area contributed by atoms with Gasteiger partial charge in [0.05, 0.1) is 29.5 Å². The lowest BCUT2D eigenvalue weighted by Crippen LogP contribution is -2.44. The Labute approximate surface area is 202 Å². The number of allylic oxidation sites excluding steroid dienone is 1. The van der Waals surface area contributed by atoms with E-state index in [0.717, 1.165) is 16.2 Å². The van der Waals surface area contributed by atoms with Crippen LogP contribution in [0.4, 0.5) is 5.69 Å². The highest BCUT2D eigenvalue weighted by Crippen LogP contribution is 2.40. The van der Waals surface area contributed by atoms with Crippen LogP contribution >= 0.6 is 39.3 Å². The van der Waals surface area contributed by atoms with E-state index in [1.54, 1.807) is 48.5 Å². The summed E-state index contributed by atoms with van der Waals surface area (Å²) in [5.41, 5.74) is 1.31. The monoisotopic (exact) mass is 533 g/mol. The van der Waals surface area contributed by atoms with Gasteiger partial charge in [-0.1, -0.05) is 57.5 Å². The number of amides is 2. The molecule has 164 valence electrons. The summed E-state index contributed by atoms with van der Waals surface area (Å²) < 4.78 is 5.55. The molecule has 0 spiro atoms. The molecule has 2 aromatic rings. The average Bonchev–Trinajstić information content (AvgIpc) is 2.76. The van der Waals surface area contributed by atoms with Crippen molar-refractivity contribution in [3.8, 4) is 6.07 Å². The van der Waals surface area contributed by atoms with Crippen LogP contribution in [-0.4, -0.2) is 30.6 Å². The summed E-state index contributed by atoms with van der Waals surface area (Å²) in [6.07, 6.45) is 0. The van der Waals surface area contributed by atoms with E-state index in [1.807, 2.05) is 0 Å². The molecular weight excluding hydrogens is 518 g/mol. The number of anilines is 1. The molecule has 3 rings (SSSR count). The van der Waals surface area contributed by atoms with E-state index in [0.29, 0.717) is 16.3 Å². The minimum Gasteiger partial charge on any atom is -0.468 e. The molecule has 7 nitrogen and oxygen atoms in total. The van der Waals surface area contributed by atoms with E-state index >= 15 is 0 Å². The number of benzene rings is 2. The molecule has 0 aliphatic carbocycles. The molecule has 0 saturated carbocycles. The molecule has 0 unspecified atom stereocenters. The first-order chi connectivity index (χ1) is 15.3. The third kappa shape index (κ3) is 5.51. The highest BCUT2D eigenvalue weighted by Gasteiger charge is 2.44. The van der Waals surface area contributed by atoms with Crippen LogP contribution in [0, 0.1) is 17.2 Å². The lowest BCUT2D eigenvalue weighted by Gasteiger charge is -2.31. The molecule has 0 fully saturated rings. The summed E-state index contributed by atoms with van der Waals surface area (Å²) in [5.74, 6) is -3.83. The van der Waals surface area contributed by atoms with Crippen LogP contribution in [0.3, 0.4) is 0 Å². The first-order valence-electron chi connectivity index (χ1n) is 9.30. The Hall–Kier alpha value is -2.80. The van der Waals surface area contributed by atoms with Gasteiger partial charge in [0.15, 0.2) is 0 Å². The molecule has 2 N–H and O–H groups in total. The molecule has 1 heterocycles. The quantitative estimate of drug-likeness (QED) is 0.425. The zero-order valence-corrected chi connectivity index (χ0v) is 19.9. The van der Waals surface area contributed by atoms with Gasteiger partial charge in [-0.25, -0.2) is 0 Å². The van der Waals surface area contributed by atoms with Crippen molar-refractivity contribution in [3.63, 3.8) is 0 Å². The number of hydrogen-bond acceptors (Lipinski definition) is 6. The number of ether oxygens (including phenoxy) is 1. The second kappa shape index (κ2) is 10.7. The fourth-order valence-electron chi connectivity index (χ4n) is 3.28. The summed E-state index contributed by atoms with van der Waals surface area (Å²) in [6, 6.07) is 15.8. The first-order valence-corrected chi connectivity index (χ1v) is 11.5. The highest BCUT2D eigenvalue weighted by molar-refractivity contribution is 9.10. The van der Waals surface area contributed by atoms with E-state index in [-0.39, 0.29) is 22.3 Å². The second-order valence-corrected chi connectivity index (χ2v) is 9.06. The second-order valence-electron chi connectivity index (χ2n) is 6.72. The number of halogens is 2. The van der Waals surface area contributed by atoms with E-state index in [4.69, 9.17) is 16.3 Å². The molecular formula is C22H17BrClN3O4S. The van der Waals surface area contributed by atoms with Crippen molar-refractivity contribution >= 4 is 62.8 Å². The van der Waals surface area contributed by atoms with Crippen molar-refractivity contribution in [2.75, 3.05) is 18.2 Å². The molecule has 0 aromatic heterocycles. The minimum atomic E-state index is -1.23. The van der Waals surface area contributed by atoms with Crippen LogP contribution < -0.4 is 10.6 Å². The summed E-state index contributed by atoms with van der Waals surface area (Å²) in [6.45, 7) is 0. The van der Waals surface area contributed by atoms with Gasteiger partial charge in [-0.15, -0.1) is 0 Å². The Morgan fingerprint density at radius 1 is 1.28 bits per heavy atom. The number of nitrogens with one attached hydrogen (secondary N) is 2. The van der Waals surface area contributed by atoms with Gasteiger partial charge in [-0.2, -0.15) is 5.26 Å². The van der Waals surface area contributed by atoms with Crippen molar-refractivity contribution in [2.45, 2.75) is 5.92 Å². The molecule has 0 saturated heterocycles. The van der Waals surface area contributed by atoms with Crippen molar-refractivity contribution in [1.29, 1.82) is 5.26 Å². The highest BCUT2D eigenvalue weighted by atomic mass is 79.9. The van der Waals surface area contributed by atoms with Gasteiger partial charge in [0.2, 0.25) is 11.8 Å². The SMILES string of the molecule is COC(=O)[C@@H]1C(=O)NC(SCC(=O)Nc2cccc(Cl)c2)=C(C#N)[C@@H]1c1cccc(Br)c1. The largest absolute Gasteiger partial charge is 0.468 e. The van der Waals surface area contributed by atoms with Crippen LogP contribution in [0.15, 0.2) is 63.6 Å². The Morgan fingerprint density at radius 2 is 2.03 bits per heavy atom. The number of rotatable bonds is 6. The fourth-order valence-corrected chi connectivity index (χ4v) is 4.74. The Bertz CT molecular complexity index is 1150. The van der Waals surface area contributed by atoms with Crippen LogP contribution in [0.1, 0.15) is 11.5 Å². The van der Waals surface area contributed by atoms with E-state index < -0.39 is 23.7 Å². The molecule has 2 amide bonds. The smallest absolute Gasteiger partial charge is 0.319 e. The van der Waals surface area contributed by atoms with Crippen molar-refractivity contribution < 1.29 is 19.1 Å². The standard InChI is InChI=1S/C22H17BrClN3O4S/c1-31-22(30)19-18(12-4-2-5-13(23)8-12)16(10-25)21(27-20(19)29)32-11-17(28)26-15-7-3-6-14(24)9-15/h2-9,18-19H,11H2,1H3,(H,26,28)(H,27,29)/t18-,19-/m0/s1. The number of hydrogen-bond donors (Lipinski definition) is 2. The summed E-state index contributed by atoms with van der Waals surface area (Å²) in [7, 11) is 1.19. The van der Waals surface area contributed by atoms with E-state index in [1.165, 1.54) is 7.11 Å². The number of esters is 1. The first kappa shape index (κ1) is 23.9. The molecule has 1 aliphatic heterocycles. The molecule has 10 heteroatoms. The van der Waals surface area contributed by atoms with E-state index in [2.05, 4.69) is 32.6 Å². The van der Waals surface area contributed by atoms with Gasteiger partial charge in [0.1, 0.15) is 5.92 Å². The molecule has 2 atom stereocenters. The number of carbonyl (C=O) groups is 3. The number of carbonyl (C=O) groups excluding carboxylic acids is 3. The fraction of sp³-hybridized carbons (Fsp3) is 0.182. The summed E-state index contributed by atoms with van der Waals surface area (Å²) >= 11 is 10.3. The summed E-state index contributed by atoms with van der Waals surface area (Å²) in [5, 5.41) is 15.9. The molecule has 2 aromatic carbocycles. The van der Waals surface area contributed by atoms with E-state index in [9.17, 15) is 19.6 Å². The van der Waals surface area contributed by atoms with Crippen molar-refractivity contribution in [1.82, 2.24) is 5.32 Å². The topological polar surface area (TPSA) is 108 Å². The minimum absolute atomic E-state index is 0.0681. The van der Waals surface area contributed by atoms with Gasteiger partial charge in [0.25, 0.3) is 0 Å². The van der Waals surface area contributed by atoms with Crippen molar-refractivity contribution in [3.05, 3.63) is 74.2 Å². The maximum Gasteiger partial charge on any atom is 0.319 e. The number of thioether (sulfide) groups is 1. The van der Waals surface area contributed by atoms with Gasteiger partial charge < -0.3 is 15.4 Å². The Balaban J connectivity index is 1.89. The third-order valence-corrected chi connectivity index (χ3v) is 6.39. The van der Waals surface area contributed by atoms with Gasteiger partial charge in [0, 0.05) is 21.1 Å². The number of methoxy groups -OCH3 is 1. The zero-order valence-electron chi connectivity index (χ0n) is 16.7. The maximum atomic E-state index is 12.8. The van der Waals surface area contributed by atoms with Gasteiger partial charge in [-0.3, -0.25) is 14.4 Å². The predicted molar refractivity (Wildman–Crippen MR) is 126 cm³/mol. The predicted octanol–water partition coefficient (Wildman–Crippen LogP) is 4.21. The van der Waals surface area contributed by atoms with Gasteiger partial charge >= 0.3 is 5.97 Å². The van der Waals surface area contributed by atoms with Crippen LogP contribution in [-0.2, 0) is 19.1 Å². The maximum absolute atomic E-state index is 12.8. The molecule has 1 aliphatic rings. The number of nitriles is 1. The Kier molecular flexibility index (Phi) is 7.96. The normalized spacial score (nSPS) is 17.9. The average molecular weight is 535 g/mol. The lowest BCUT2D eigenvalue weighted by molar-refractivity contribution is -0.150. The van der Waals surface area contributed by atoms with Crippen LogP contribution in [0.25, 0.3) is 0 Å². The summed E-state index contributed by atoms with van der Waals surface area (Å²) in [4.78, 5) is 37.6. The lowest BCUT2D eigenvalue weighted by atomic mass is 9.78. The van der Waals surface area contributed by atoms with Gasteiger partial charge in [-0.05, 0) is 35.9 Å². The van der Waals surface area contributed by atoms with Crippen LogP contribution in [0.5, 0.6) is 0 Å². The number of nitrogens with zero attached hydrogens (tertiary/aromatic N) is 1. The molecule has 32 heavy (non-hydrogen) atoms. The third-order valence-electron chi connectivity index (χ3n) is 4.65. The zero-order chi connectivity index (χ0) is 23.3. The Morgan fingerprint density at radius 3 is 2.69 bits per heavy atom. The molecule has 0 bridgehead atoms. The van der Waals surface area contributed by atoms with Crippen molar-refractivity contribution in [2.24, 2.45) is 5.92 Å². The van der Waals surface area contributed by atoms with Crippen LogP contribution in [0.2, 0.25) is 5.02 Å². The molecule has 0 radical (unpaired) electrons.